The van der Waals surface area contributed by atoms with Gasteiger partial charge in [0.1, 0.15) is 5.01 Å². The number of carboxylic acids is 1. The summed E-state index contributed by atoms with van der Waals surface area (Å²) < 4.78 is 0. The first-order chi connectivity index (χ1) is 9.11. The number of thiazole rings is 1. The summed E-state index contributed by atoms with van der Waals surface area (Å²) in [6.07, 6.45) is 2.56. The van der Waals surface area contributed by atoms with E-state index in [0.29, 0.717) is 10.7 Å². The van der Waals surface area contributed by atoms with Gasteiger partial charge in [-0.25, -0.2) is 9.78 Å². The zero-order valence-electron chi connectivity index (χ0n) is 10.3. The van der Waals surface area contributed by atoms with Crippen molar-refractivity contribution in [3.05, 3.63) is 45.4 Å². The molecule has 0 bridgehead atoms. The van der Waals surface area contributed by atoms with Crippen molar-refractivity contribution in [2.45, 2.75) is 19.4 Å². The number of aromatic carboxylic acids is 1. The molecule has 0 amide bonds. The first-order valence-electron chi connectivity index (χ1n) is 5.80. The van der Waals surface area contributed by atoms with Gasteiger partial charge in [-0.05, 0) is 24.6 Å². The van der Waals surface area contributed by atoms with E-state index >= 15 is 0 Å². The summed E-state index contributed by atoms with van der Waals surface area (Å²) in [5.74, 6) is -1.00. The minimum atomic E-state index is -1.00. The van der Waals surface area contributed by atoms with Crippen molar-refractivity contribution in [1.29, 1.82) is 0 Å². The Hall–Kier alpha value is -1.59. The van der Waals surface area contributed by atoms with Gasteiger partial charge < -0.3 is 10.4 Å². The molecule has 100 valence electrons. The number of halogens is 1. The standard InChI is InChI=1S/C13H13ClN2O2S/c1-2-10(12-15-5-6-19-12)16-11-4-3-8(14)7-9(11)13(17)18/h3-7,10,16H,2H2,1H3,(H,17,18). The molecule has 2 rings (SSSR count). The molecule has 1 aromatic carbocycles. The van der Waals surface area contributed by atoms with E-state index < -0.39 is 5.97 Å². The van der Waals surface area contributed by atoms with Gasteiger partial charge in [-0.3, -0.25) is 0 Å². The lowest BCUT2D eigenvalue weighted by atomic mass is 10.1. The second-order valence-corrected chi connectivity index (χ2v) is 5.33. The van der Waals surface area contributed by atoms with Crippen molar-refractivity contribution < 1.29 is 9.90 Å². The number of nitrogens with one attached hydrogen (secondary N) is 1. The second-order valence-electron chi connectivity index (χ2n) is 3.97. The molecule has 6 heteroatoms. The largest absolute Gasteiger partial charge is 0.478 e. The van der Waals surface area contributed by atoms with E-state index in [1.54, 1.807) is 29.7 Å². The summed E-state index contributed by atoms with van der Waals surface area (Å²) in [5.41, 5.74) is 0.724. The topological polar surface area (TPSA) is 62.2 Å². The van der Waals surface area contributed by atoms with E-state index in [-0.39, 0.29) is 11.6 Å². The molecule has 0 aliphatic rings. The molecule has 0 aliphatic carbocycles. The van der Waals surface area contributed by atoms with E-state index in [1.807, 2.05) is 12.3 Å². The zero-order valence-corrected chi connectivity index (χ0v) is 11.8. The Morgan fingerprint density at radius 1 is 1.58 bits per heavy atom. The number of benzene rings is 1. The fraction of sp³-hybridized carbons (Fsp3) is 0.231. The van der Waals surface area contributed by atoms with Crippen LogP contribution in [0.15, 0.2) is 29.8 Å². The molecule has 0 fully saturated rings. The quantitative estimate of drug-likeness (QED) is 0.873. The number of nitrogens with zero attached hydrogens (tertiary/aromatic N) is 1. The van der Waals surface area contributed by atoms with E-state index in [9.17, 15) is 9.90 Å². The SMILES string of the molecule is CCC(Nc1ccc(Cl)cc1C(=O)O)c1nccs1. The molecular weight excluding hydrogens is 284 g/mol. The van der Waals surface area contributed by atoms with Gasteiger partial charge in [-0.1, -0.05) is 18.5 Å². The first-order valence-corrected chi connectivity index (χ1v) is 7.06. The molecule has 0 aliphatic heterocycles. The lowest BCUT2D eigenvalue weighted by Gasteiger charge is -2.17. The van der Waals surface area contributed by atoms with E-state index in [0.717, 1.165) is 11.4 Å². The van der Waals surface area contributed by atoms with Gasteiger partial charge in [0, 0.05) is 22.3 Å². The number of rotatable bonds is 5. The Labute approximate surface area is 120 Å². The van der Waals surface area contributed by atoms with Crippen molar-refractivity contribution in [3.8, 4) is 0 Å². The average molecular weight is 297 g/mol. The van der Waals surface area contributed by atoms with Crippen molar-refractivity contribution in [1.82, 2.24) is 4.98 Å². The summed E-state index contributed by atoms with van der Waals surface area (Å²) in [6.45, 7) is 2.02. The lowest BCUT2D eigenvalue weighted by molar-refractivity contribution is 0.0698. The summed E-state index contributed by atoms with van der Waals surface area (Å²) in [4.78, 5) is 15.5. The predicted octanol–water partition coefficient (Wildman–Crippen LogP) is 4.06. The van der Waals surface area contributed by atoms with Crippen LogP contribution in [0.25, 0.3) is 0 Å². The van der Waals surface area contributed by atoms with Crippen LogP contribution in [-0.2, 0) is 0 Å². The van der Waals surface area contributed by atoms with Gasteiger partial charge in [-0.15, -0.1) is 11.3 Å². The molecule has 1 unspecified atom stereocenters. The van der Waals surface area contributed by atoms with Gasteiger partial charge in [0.25, 0.3) is 0 Å². The van der Waals surface area contributed by atoms with Crippen LogP contribution in [0.3, 0.4) is 0 Å². The monoisotopic (exact) mass is 296 g/mol. The highest BCUT2D eigenvalue weighted by Gasteiger charge is 2.16. The van der Waals surface area contributed by atoms with Crippen LogP contribution >= 0.6 is 22.9 Å². The maximum atomic E-state index is 11.2. The molecule has 2 N–H and O–H groups in total. The number of hydrogen-bond acceptors (Lipinski definition) is 4. The third kappa shape index (κ3) is 3.24. The minimum absolute atomic E-state index is 0.000671. The maximum absolute atomic E-state index is 11.2. The molecule has 1 aromatic heterocycles. The third-order valence-corrected chi connectivity index (χ3v) is 3.82. The minimum Gasteiger partial charge on any atom is -0.478 e. The number of carbonyl (C=O) groups is 1. The Bertz CT molecular complexity index is 572. The smallest absolute Gasteiger partial charge is 0.337 e. The molecule has 2 aromatic rings. The summed E-state index contributed by atoms with van der Waals surface area (Å²) >= 11 is 7.37. The van der Waals surface area contributed by atoms with Crippen molar-refractivity contribution in [2.24, 2.45) is 0 Å². The van der Waals surface area contributed by atoms with Gasteiger partial charge in [-0.2, -0.15) is 0 Å². The summed E-state index contributed by atoms with van der Waals surface area (Å²) in [5, 5.41) is 15.7. The molecule has 4 nitrogen and oxygen atoms in total. The van der Waals surface area contributed by atoms with Gasteiger partial charge in [0.2, 0.25) is 0 Å². The van der Waals surface area contributed by atoms with Crippen LogP contribution in [0.1, 0.15) is 34.8 Å². The highest BCUT2D eigenvalue weighted by Crippen LogP contribution is 2.28. The Balaban J connectivity index is 2.29. The Morgan fingerprint density at radius 2 is 2.37 bits per heavy atom. The number of anilines is 1. The molecule has 0 spiro atoms. The van der Waals surface area contributed by atoms with Crippen LogP contribution in [0, 0.1) is 0 Å². The van der Waals surface area contributed by atoms with Crippen molar-refractivity contribution in [3.63, 3.8) is 0 Å². The highest BCUT2D eigenvalue weighted by atomic mass is 35.5. The van der Waals surface area contributed by atoms with Crippen LogP contribution in [0.5, 0.6) is 0 Å². The Morgan fingerprint density at radius 3 is 2.95 bits per heavy atom. The number of aromatic nitrogens is 1. The summed E-state index contributed by atoms with van der Waals surface area (Å²) in [6, 6.07) is 4.80. The molecule has 0 radical (unpaired) electrons. The molecule has 0 saturated carbocycles. The molecule has 0 saturated heterocycles. The van der Waals surface area contributed by atoms with Gasteiger partial charge in [0.05, 0.1) is 11.6 Å². The first kappa shape index (κ1) is 13.8. The molecule has 1 heterocycles. The average Bonchev–Trinajstić information content (AvgIpc) is 2.90. The van der Waals surface area contributed by atoms with Gasteiger partial charge in [0.15, 0.2) is 0 Å². The van der Waals surface area contributed by atoms with E-state index in [2.05, 4.69) is 10.3 Å². The van der Waals surface area contributed by atoms with Gasteiger partial charge >= 0.3 is 5.97 Å². The fourth-order valence-electron chi connectivity index (χ4n) is 1.75. The van der Waals surface area contributed by atoms with Crippen molar-refractivity contribution in [2.75, 3.05) is 5.32 Å². The lowest BCUT2D eigenvalue weighted by Crippen LogP contribution is -2.12. The molecule has 1 atom stereocenters. The fourth-order valence-corrected chi connectivity index (χ4v) is 2.70. The third-order valence-electron chi connectivity index (χ3n) is 2.70. The zero-order chi connectivity index (χ0) is 13.8. The van der Waals surface area contributed by atoms with Crippen LogP contribution in [0.2, 0.25) is 5.02 Å². The predicted molar refractivity (Wildman–Crippen MR) is 77.2 cm³/mol. The summed E-state index contributed by atoms with van der Waals surface area (Å²) in [7, 11) is 0. The van der Waals surface area contributed by atoms with Crippen LogP contribution in [0.4, 0.5) is 5.69 Å². The second kappa shape index (κ2) is 6.04. The van der Waals surface area contributed by atoms with Crippen LogP contribution < -0.4 is 5.32 Å². The molecular formula is C13H13ClN2O2S. The number of carboxylic acid groups (broad SMARTS) is 1. The van der Waals surface area contributed by atoms with E-state index in [1.165, 1.54) is 6.07 Å². The van der Waals surface area contributed by atoms with Crippen molar-refractivity contribution >= 4 is 34.6 Å². The van der Waals surface area contributed by atoms with Crippen LogP contribution in [-0.4, -0.2) is 16.1 Å². The van der Waals surface area contributed by atoms with E-state index in [4.69, 9.17) is 11.6 Å². The highest BCUT2D eigenvalue weighted by molar-refractivity contribution is 7.09. The normalized spacial score (nSPS) is 12.1. The Kier molecular flexibility index (Phi) is 4.39. The maximum Gasteiger partial charge on any atom is 0.337 e. The molecule has 19 heavy (non-hydrogen) atoms. The number of hydrogen-bond donors (Lipinski definition) is 2.